The third-order valence-corrected chi connectivity index (χ3v) is 5.10. The lowest BCUT2D eigenvalue weighted by molar-refractivity contribution is 0.0953. The predicted molar refractivity (Wildman–Crippen MR) is 110 cm³/mol. The summed E-state index contributed by atoms with van der Waals surface area (Å²) in [5.41, 5.74) is 2.52. The Bertz CT molecular complexity index is 895. The van der Waals surface area contributed by atoms with Crippen LogP contribution in [0.25, 0.3) is 0 Å². The summed E-state index contributed by atoms with van der Waals surface area (Å²) in [5, 5.41) is 2.95. The molecule has 0 fully saturated rings. The number of hydrogen-bond acceptors (Lipinski definition) is 3. The van der Waals surface area contributed by atoms with Crippen molar-refractivity contribution in [2.75, 3.05) is 12.3 Å². The Morgan fingerprint density at radius 3 is 2.19 bits per heavy atom. The van der Waals surface area contributed by atoms with Gasteiger partial charge in [0, 0.05) is 22.6 Å². The molecule has 0 radical (unpaired) electrons. The van der Waals surface area contributed by atoms with Gasteiger partial charge in [-0.3, -0.25) is 9.59 Å². The summed E-state index contributed by atoms with van der Waals surface area (Å²) in [7, 11) is 0. The van der Waals surface area contributed by atoms with Gasteiger partial charge in [-0.25, -0.2) is 0 Å². The van der Waals surface area contributed by atoms with Gasteiger partial charge in [0.1, 0.15) is 0 Å². The van der Waals surface area contributed by atoms with Crippen molar-refractivity contribution in [1.82, 2.24) is 5.32 Å². The highest BCUT2D eigenvalue weighted by atomic mass is 32.2. The summed E-state index contributed by atoms with van der Waals surface area (Å²) >= 11 is 1.45. The number of ketones is 1. The van der Waals surface area contributed by atoms with E-state index in [4.69, 9.17) is 0 Å². The van der Waals surface area contributed by atoms with Crippen molar-refractivity contribution in [2.24, 2.45) is 0 Å². The van der Waals surface area contributed by atoms with Gasteiger partial charge >= 0.3 is 0 Å². The van der Waals surface area contributed by atoms with Gasteiger partial charge in [0.05, 0.1) is 5.75 Å². The van der Waals surface area contributed by atoms with Crippen LogP contribution in [0.2, 0.25) is 0 Å². The summed E-state index contributed by atoms with van der Waals surface area (Å²) in [6.45, 7) is 0.590. The first-order valence-corrected chi connectivity index (χ1v) is 9.84. The number of nitrogens with one attached hydrogen (secondary N) is 1. The van der Waals surface area contributed by atoms with E-state index in [9.17, 15) is 9.59 Å². The molecule has 0 bridgehead atoms. The van der Waals surface area contributed by atoms with Gasteiger partial charge < -0.3 is 5.32 Å². The van der Waals surface area contributed by atoms with Crippen LogP contribution in [0, 0.1) is 0 Å². The molecule has 1 amide bonds. The second-order valence-electron chi connectivity index (χ2n) is 6.10. The molecule has 0 aromatic heterocycles. The van der Waals surface area contributed by atoms with Gasteiger partial charge in [-0.15, -0.1) is 11.8 Å². The fourth-order valence-electron chi connectivity index (χ4n) is 2.65. The van der Waals surface area contributed by atoms with Crippen LogP contribution < -0.4 is 5.32 Å². The van der Waals surface area contributed by atoms with E-state index in [1.165, 1.54) is 17.3 Å². The van der Waals surface area contributed by atoms with Crippen LogP contribution in [0.4, 0.5) is 0 Å². The lowest BCUT2D eigenvalue weighted by Gasteiger charge is -2.07. The van der Waals surface area contributed by atoms with Crippen molar-refractivity contribution in [3.8, 4) is 0 Å². The van der Waals surface area contributed by atoms with Gasteiger partial charge in [0.25, 0.3) is 5.91 Å². The summed E-state index contributed by atoms with van der Waals surface area (Å²) in [6.07, 6.45) is 0.798. The van der Waals surface area contributed by atoms with Gasteiger partial charge in [-0.2, -0.15) is 0 Å². The molecule has 0 saturated heterocycles. The molecule has 0 aliphatic carbocycles. The number of thioether (sulfide) groups is 1. The minimum Gasteiger partial charge on any atom is -0.352 e. The minimum atomic E-state index is -0.0947. The van der Waals surface area contributed by atoms with Crippen molar-refractivity contribution in [3.05, 3.63) is 102 Å². The number of amides is 1. The van der Waals surface area contributed by atoms with Gasteiger partial charge in [-0.1, -0.05) is 66.7 Å². The Labute approximate surface area is 163 Å². The molecule has 27 heavy (non-hydrogen) atoms. The molecule has 0 aliphatic heterocycles. The lowest BCUT2D eigenvalue weighted by Crippen LogP contribution is -2.25. The van der Waals surface area contributed by atoms with Crippen molar-refractivity contribution in [3.63, 3.8) is 0 Å². The molecular weight excluding hydrogens is 354 g/mol. The average Bonchev–Trinajstić information content (AvgIpc) is 2.73. The van der Waals surface area contributed by atoms with Gasteiger partial charge in [-0.05, 0) is 30.2 Å². The quantitative estimate of drug-likeness (QED) is 0.461. The molecule has 0 heterocycles. The van der Waals surface area contributed by atoms with E-state index in [0.29, 0.717) is 23.4 Å². The molecule has 4 heteroatoms. The fraction of sp³-hybridized carbons (Fsp3) is 0.130. The molecule has 0 spiro atoms. The van der Waals surface area contributed by atoms with Gasteiger partial charge in [0.2, 0.25) is 0 Å². The van der Waals surface area contributed by atoms with Crippen LogP contribution in [-0.2, 0) is 6.42 Å². The molecule has 1 N–H and O–H groups in total. The molecule has 3 aromatic rings. The number of benzene rings is 3. The van der Waals surface area contributed by atoms with Crippen molar-refractivity contribution < 1.29 is 9.59 Å². The number of carbonyl (C=O) groups is 2. The summed E-state index contributed by atoms with van der Waals surface area (Å²) in [5.74, 6) is 0.337. The third-order valence-electron chi connectivity index (χ3n) is 4.10. The second-order valence-corrected chi connectivity index (χ2v) is 7.15. The maximum atomic E-state index is 12.4. The maximum Gasteiger partial charge on any atom is 0.251 e. The zero-order valence-corrected chi connectivity index (χ0v) is 15.7. The zero-order chi connectivity index (χ0) is 18.9. The zero-order valence-electron chi connectivity index (χ0n) is 14.9. The third kappa shape index (κ3) is 5.83. The highest BCUT2D eigenvalue weighted by Crippen LogP contribution is 2.20. The normalized spacial score (nSPS) is 10.4. The topological polar surface area (TPSA) is 46.2 Å². The summed E-state index contributed by atoms with van der Waals surface area (Å²) < 4.78 is 0. The second kappa shape index (κ2) is 9.74. The van der Waals surface area contributed by atoms with Gasteiger partial charge in [0.15, 0.2) is 5.78 Å². The largest absolute Gasteiger partial charge is 0.352 e. The first kappa shape index (κ1) is 18.9. The Morgan fingerprint density at radius 1 is 0.778 bits per heavy atom. The Hall–Kier alpha value is -2.85. The van der Waals surface area contributed by atoms with E-state index in [0.717, 1.165) is 11.3 Å². The molecule has 3 nitrogen and oxygen atoms in total. The van der Waals surface area contributed by atoms with Crippen molar-refractivity contribution >= 4 is 23.5 Å². The summed E-state index contributed by atoms with van der Waals surface area (Å²) in [4.78, 5) is 25.5. The molecule has 0 saturated carbocycles. The fourth-order valence-corrected chi connectivity index (χ4v) is 3.50. The Morgan fingerprint density at radius 2 is 1.44 bits per heavy atom. The van der Waals surface area contributed by atoms with Crippen molar-refractivity contribution in [2.45, 2.75) is 11.3 Å². The number of rotatable bonds is 8. The van der Waals surface area contributed by atoms with Crippen LogP contribution in [-0.4, -0.2) is 24.0 Å². The molecule has 0 atom stereocenters. The SMILES string of the molecule is O=C(CSc1cccc(C(=O)NCCc2ccccc2)c1)c1ccccc1. The smallest absolute Gasteiger partial charge is 0.251 e. The van der Waals surface area contributed by atoms with E-state index in [2.05, 4.69) is 5.32 Å². The molecule has 3 rings (SSSR count). The van der Waals surface area contributed by atoms with Crippen LogP contribution in [0.5, 0.6) is 0 Å². The van der Waals surface area contributed by atoms with Crippen molar-refractivity contribution in [1.29, 1.82) is 0 Å². The molecule has 136 valence electrons. The predicted octanol–water partition coefficient (Wildman–Crippen LogP) is 4.63. The van der Waals surface area contributed by atoms with Crippen LogP contribution >= 0.6 is 11.8 Å². The van der Waals surface area contributed by atoms with E-state index in [-0.39, 0.29) is 11.7 Å². The maximum absolute atomic E-state index is 12.4. The molecule has 3 aromatic carbocycles. The monoisotopic (exact) mass is 375 g/mol. The highest BCUT2D eigenvalue weighted by Gasteiger charge is 2.09. The van der Waals surface area contributed by atoms with E-state index in [1.54, 1.807) is 6.07 Å². The lowest BCUT2D eigenvalue weighted by atomic mass is 10.1. The molecule has 0 unspecified atom stereocenters. The number of Topliss-reactive ketones (excluding diaryl/α,β-unsaturated/α-hetero) is 1. The van der Waals surface area contributed by atoms with E-state index >= 15 is 0 Å². The van der Waals surface area contributed by atoms with Crippen LogP contribution in [0.15, 0.2) is 89.8 Å². The number of carbonyl (C=O) groups excluding carboxylic acids is 2. The first-order chi connectivity index (χ1) is 13.2. The Kier molecular flexibility index (Phi) is 6.83. The molecular formula is C23H21NO2S. The van der Waals surface area contributed by atoms with E-state index in [1.807, 2.05) is 78.9 Å². The Balaban J connectivity index is 1.52. The van der Waals surface area contributed by atoms with Crippen LogP contribution in [0.1, 0.15) is 26.3 Å². The van der Waals surface area contributed by atoms with Crippen LogP contribution in [0.3, 0.4) is 0 Å². The summed E-state index contributed by atoms with van der Waals surface area (Å²) in [6, 6.07) is 26.7. The standard InChI is InChI=1S/C23H21NO2S/c25-22(19-10-5-2-6-11-19)17-27-21-13-7-12-20(16-21)23(26)24-15-14-18-8-3-1-4-9-18/h1-13,16H,14-15,17H2,(H,24,26). The first-order valence-electron chi connectivity index (χ1n) is 8.85. The van der Waals surface area contributed by atoms with E-state index < -0.39 is 0 Å². The molecule has 0 aliphatic rings. The number of hydrogen-bond donors (Lipinski definition) is 1. The average molecular weight is 375 g/mol. The highest BCUT2D eigenvalue weighted by molar-refractivity contribution is 8.00. The minimum absolute atomic E-state index is 0.0818.